The Balaban J connectivity index is 0.00000169. The van der Waals surface area contributed by atoms with Gasteiger partial charge in [-0.05, 0) is 56.8 Å². The fourth-order valence-corrected chi connectivity index (χ4v) is 3.72. The second-order valence-corrected chi connectivity index (χ2v) is 6.63. The summed E-state index contributed by atoms with van der Waals surface area (Å²) in [7, 11) is 0. The molecule has 0 spiro atoms. The van der Waals surface area contributed by atoms with Crippen LogP contribution in [0.5, 0.6) is 0 Å². The lowest BCUT2D eigenvalue weighted by Crippen LogP contribution is -2.33. The minimum Gasteiger partial charge on any atom is -0.460 e. The van der Waals surface area contributed by atoms with Gasteiger partial charge in [-0.2, -0.15) is 5.10 Å². The topological polar surface area (TPSA) is 74.2 Å². The number of carbonyl (C=O) groups is 1. The fourth-order valence-electron chi connectivity index (χ4n) is 3.72. The van der Waals surface area contributed by atoms with Crippen LogP contribution in [0.3, 0.4) is 0 Å². The summed E-state index contributed by atoms with van der Waals surface area (Å²) in [5, 5.41) is 10.6. The molecule has 2 N–H and O–H groups in total. The van der Waals surface area contributed by atoms with E-state index in [4.69, 9.17) is 4.42 Å². The second-order valence-electron chi connectivity index (χ2n) is 6.63. The Morgan fingerprint density at radius 2 is 1.96 bits per heavy atom. The van der Waals surface area contributed by atoms with Crippen LogP contribution in [0, 0.1) is 18.8 Å². The Labute approximate surface area is 147 Å². The maximum Gasteiger partial charge on any atom is 0.274 e. The third-order valence-corrected chi connectivity index (χ3v) is 5.11. The number of hydrogen-bond donors (Lipinski definition) is 2. The van der Waals surface area contributed by atoms with Crippen LogP contribution < -0.4 is 5.32 Å². The van der Waals surface area contributed by atoms with Gasteiger partial charge in [0, 0.05) is 19.2 Å². The molecule has 4 heterocycles. The lowest BCUT2D eigenvalue weighted by Gasteiger charge is -2.19. The number of aromatic nitrogens is 2. The SMILES string of the molecule is Cc1ccc(-c2cc(C(=O)N3CC[C@@H]4CNC[C@@H]4CC3)n[nH]2)o1.Cl. The molecule has 0 saturated carbocycles. The van der Waals surface area contributed by atoms with Crippen LogP contribution >= 0.6 is 12.4 Å². The summed E-state index contributed by atoms with van der Waals surface area (Å²) in [5.41, 5.74) is 1.22. The molecule has 2 fully saturated rings. The maximum atomic E-state index is 12.7. The molecule has 2 saturated heterocycles. The van der Waals surface area contributed by atoms with Crippen molar-refractivity contribution in [3.05, 3.63) is 29.7 Å². The zero-order chi connectivity index (χ0) is 15.8. The van der Waals surface area contributed by atoms with Gasteiger partial charge in [0.2, 0.25) is 0 Å². The number of likely N-dealkylation sites (tertiary alicyclic amines) is 1. The smallest absolute Gasteiger partial charge is 0.274 e. The highest BCUT2D eigenvalue weighted by molar-refractivity contribution is 5.93. The van der Waals surface area contributed by atoms with Gasteiger partial charge in [0.05, 0.1) is 0 Å². The number of furan rings is 1. The van der Waals surface area contributed by atoms with Crippen molar-refractivity contribution in [3.8, 4) is 11.5 Å². The molecule has 2 aromatic rings. The molecule has 4 rings (SSSR count). The molecule has 0 aromatic carbocycles. The number of hydrogen-bond acceptors (Lipinski definition) is 4. The molecular formula is C17H23ClN4O2. The molecule has 24 heavy (non-hydrogen) atoms. The van der Waals surface area contributed by atoms with Crippen LogP contribution in [0.1, 0.15) is 29.1 Å². The summed E-state index contributed by atoms with van der Waals surface area (Å²) in [6, 6.07) is 5.57. The minimum atomic E-state index is 0. The number of nitrogens with zero attached hydrogens (tertiary/aromatic N) is 2. The van der Waals surface area contributed by atoms with Crippen LogP contribution in [-0.4, -0.2) is 47.2 Å². The molecule has 130 valence electrons. The van der Waals surface area contributed by atoms with Gasteiger partial charge in [-0.25, -0.2) is 0 Å². The Morgan fingerprint density at radius 1 is 1.25 bits per heavy atom. The molecule has 0 radical (unpaired) electrons. The average molecular weight is 351 g/mol. The highest BCUT2D eigenvalue weighted by atomic mass is 35.5. The van der Waals surface area contributed by atoms with Gasteiger partial charge in [-0.3, -0.25) is 9.89 Å². The number of rotatable bonds is 2. The van der Waals surface area contributed by atoms with E-state index in [1.165, 1.54) is 0 Å². The monoisotopic (exact) mass is 350 g/mol. The Hall–Kier alpha value is -1.79. The number of amides is 1. The number of nitrogens with one attached hydrogen (secondary N) is 2. The first-order valence-corrected chi connectivity index (χ1v) is 8.33. The van der Waals surface area contributed by atoms with Crippen molar-refractivity contribution in [3.63, 3.8) is 0 Å². The zero-order valence-corrected chi connectivity index (χ0v) is 14.6. The summed E-state index contributed by atoms with van der Waals surface area (Å²) in [4.78, 5) is 14.7. The van der Waals surface area contributed by atoms with E-state index >= 15 is 0 Å². The third-order valence-electron chi connectivity index (χ3n) is 5.11. The first-order chi connectivity index (χ1) is 11.2. The number of aryl methyl sites for hydroxylation is 1. The standard InChI is InChI=1S/C17H22N4O2.ClH/c1-11-2-3-16(23-11)14-8-15(20-19-14)17(22)21-6-4-12-9-18-10-13(12)5-7-21;/h2-3,8,12-13,18H,4-7,9-10H2,1H3,(H,19,20);1H/t12-,13+;. The summed E-state index contributed by atoms with van der Waals surface area (Å²) >= 11 is 0. The number of aromatic amines is 1. The van der Waals surface area contributed by atoms with E-state index in [2.05, 4.69) is 15.5 Å². The summed E-state index contributed by atoms with van der Waals surface area (Å²) in [5.74, 6) is 3.01. The summed E-state index contributed by atoms with van der Waals surface area (Å²) in [6.07, 6.45) is 2.16. The van der Waals surface area contributed by atoms with Gasteiger partial charge < -0.3 is 14.6 Å². The molecule has 2 aliphatic rings. The highest BCUT2D eigenvalue weighted by Crippen LogP contribution is 2.28. The molecule has 0 aliphatic carbocycles. The predicted octanol–water partition coefficient (Wildman–Crippen LogP) is 2.47. The summed E-state index contributed by atoms with van der Waals surface area (Å²) < 4.78 is 5.58. The van der Waals surface area contributed by atoms with Crippen LogP contribution in [0.4, 0.5) is 0 Å². The van der Waals surface area contributed by atoms with Crippen LogP contribution in [0.15, 0.2) is 22.6 Å². The molecule has 0 bridgehead atoms. The van der Waals surface area contributed by atoms with Crippen molar-refractivity contribution in [2.75, 3.05) is 26.2 Å². The lowest BCUT2D eigenvalue weighted by atomic mass is 9.92. The molecule has 1 amide bonds. The van der Waals surface area contributed by atoms with Gasteiger partial charge in [0.1, 0.15) is 11.5 Å². The maximum absolute atomic E-state index is 12.7. The van der Waals surface area contributed by atoms with E-state index in [1.807, 2.05) is 24.0 Å². The largest absolute Gasteiger partial charge is 0.460 e. The molecule has 2 atom stereocenters. The lowest BCUT2D eigenvalue weighted by molar-refractivity contribution is 0.0752. The van der Waals surface area contributed by atoms with Crippen molar-refractivity contribution in [2.24, 2.45) is 11.8 Å². The van der Waals surface area contributed by atoms with E-state index in [1.54, 1.807) is 6.07 Å². The van der Waals surface area contributed by atoms with Gasteiger partial charge in [-0.15, -0.1) is 12.4 Å². The number of fused-ring (bicyclic) bond motifs is 1. The molecule has 2 aromatic heterocycles. The molecule has 2 aliphatic heterocycles. The Morgan fingerprint density at radius 3 is 2.58 bits per heavy atom. The first-order valence-electron chi connectivity index (χ1n) is 8.33. The number of H-pyrrole nitrogens is 1. The van der Waals surface area contributed by atoms with Gasteiger partial charge in [0.15, 0.2) is 11.5 Å². The number of carbonyl (C=O) groups excluding carboxylic acids is 1. The van der Waals surface area contributed by atoms with Crippen LogP contribution in [-0.2, 0) is 0 Å². The molecule has 0 unspecified atom stereocenters. The predicted molar refractivity (Wildman–Crippen MR) is 93.3 cm³/mol. The molecule has 7 heteroatoms. The van der Waals surface area contributed by atoms with Crippen LogP contribution in [0.25, 0.3) is 11.5 Å². The number of halogens is 1. The van der Waals surface area contributed by atoms with Crippen molar-refractivity contribution in [2.45, 2.75) is 19.8 Å². The molecular weight excluding hydrogens is 328 g/mol. The van der Waals surface area contributed by atoms with E-state index in [-0.39, 0.29) is 18.3 Å². The fraction of sp³-hybridized carbons (Fsp3) is 0.529. The Kier molecular flexibility index (Phi) is 4.96. The second kappa shape index (κ2) is 6.99. The average Bonchev–Trinajstić information content (AvgIpc) is 3.26. The van der Waals surface area contributed by atoms with Crippen molar-refractivity contribution in [1.29, 1.82) is 0 Å². The van der Waals surface area contributed by atoms with Gasteiger partial charge >= 0.3 is 0 Å². The van der Waals surface area contributed by atoms with Gasteiger partial charge in [0.25, 0.3) is 5.91 Å². The van der Waals surface area contributed by atoms with Crippen molar-refractivity contribution in [1.82, 2.24) is 20.4 Å². The normalized spacial score (nSPS) is 23.5. The van der Waals surface area contributed by atoms with Crippen LogP contribution in [0.2, 0.25) is 0 Å². The molecule has 6 nitrogen and oxygen atoms in total. The van der Waals surface area contributed by atoms with Gasteiger partial charge in [-0.1, -0.05) is 0 Å². The Bertz CT molecular complexity index is 697. The van der Waals surface area contributed by atoms with E-state index < -0.39 is 0 Å². The van der Waals surface area contributed by atoms with E-state index in [0.29, 0.717) is 23.3 Å². The highest BCUT2D eigenvalue weighted by Gasteiger charge is 2.32. The first kappa shape index (κ1) is 17.0. The van der Waals surface area contributed by atoms with E-state index in [0.717, 1.165) is 50.5 Å². The van der Waals surface area contributed by atoms with E-state index in [9.17, 15) is 4.79 Å². The van der Waals surface area contributed by atoms with Crippen molar-refractivity contribution < 1.29 is 9.21 Å². The zero-order valence-electron chi connectivity index (χ0n) is 13.7. The summed E-state index contributed by atoms with van der Waals surface area (Å²) in [6.45, 7) is 5.73. The quantitative estimate of drug-likeness (QED) is 0.872. The minimum absolute atomic E-state index is 0. The van der Waals surface area contributed by atoms with Crippen molar-refractivity contribution >= 4 is 18.3 Å². The third kappa shape index (κ3) is 3.21.